The standard InChI is InChI=1S/C16H25N3O/c1-17-16(20)15-5-3-13(4-6-15)11-19(2)12-14-7-9-18-10-8-14/h3-6,14,18H,7-12H2,1-2H3,(H,17,20). The summed E-state index contributed by atoms with van der Waals surface area (Å²) in [4.78, 5) is 13.9. The van der Waals surface area contributed by atoms with Gasteiger partial charge < -0.3 is 15.5 Å². The van der Waals surface area contributed by atoms with Gasteiger partial charge >= 0.3 is 0 Å². The Morgan fingerprint density at radius 3 is 2.55 bits per heavy atom. The Morgan fingerprint density at radius 1 is 1.30 bits per heavy atom. The second kappa shape index (κ2) is 7.41. The van der Waals surface area contributed by atoms with Crippen LogP contribution in [0.2, 0.25) is 0 Å². The minimum Gasteiger partial charge on any atom is -0.355 e. The van der Waals surface area contributed by atoms with Gasteiger partial charge in [-0.05, 0) is 56.6 Å². The van der Waals surface area contributed by atoms with Crippen LogP contribution >= 0.6 is 0 Å². The van der Waals surface area contributed by atoms with E-state index < -0.39 is 0 Å². The van der Waals surface area contributed by atoms with Gasteiger partial charge in [0.05, 0.1) is 0 Å². The normalized spacial score (nSPS) is 16.4. The molecule has 2 rings (SSSR count). The third kappa shape index (κ3) is 4.32. The molecule has 0 bridgehead atoms. The number of hydrogen-bond donors (Lipinski definition) is 2. The summed E-state index contributed by atoms with van der Waals surface area (Å²) in [5.41, 5.74) is 1.98. The van der Waals surface area contributed by atoms with Crippen LogP contribution in [0.3, 0.4) is 0 Å². The highest BCUT2D eigenvalue weighted by Gasteiger charge is 2.15. The second-order valence-corrected chi connectivity index (χ2v) is 5.67. The van der Waals surface area contributed by atoms with Gasteiger partial charge in [-0.25, -0.2) is 0 Å². The molecule has 1 heterocycles. The number of carbonyl (C=O) groups is 1. The van der Waals surface area contributed by atoms with Gasteiger partial charge in [0.15, 0.2) is 0 Å². The molecule has 0 saturated carbocycles. The predicted octanol–water partition coefficient (Wildman–Crippen LogP) is 1.48. The molecule has 1 aliphatic rings. The Morgan fingerprint density at radius 2 is 1.95 bits per heavy atom. The summed E-state index contributed by atoms with van der Waals surface area (Å²) in [6.07, 6.45) is 2.56. The van der Waals surface area contributed by atoms with E-state index in [1.807, 2.05) is 24.3 Å². The maximum atomic E-state index is 11.5. The second-order valence-electron chi connectivity index (χ2n) is 5.67. The highest BCUT2D eigenvalue weighted by atomic mass is 16.1. The molecule has 4 heteroatoms. The number of piperidine rings is 1. The van der Waals surface area contributed by atoms with Crippen molar-refractivity contribution in [3.63, 3.8) is 0 Å². The van der Waals surface area contributed by atoms with Gasteiger partial charge in [-0.2, -0.15) is 0 Å². The number of hydrogen-bond acceptors (Lipinski definition) is 3. The molecule has 1 aromatic rings. The number of rotatable bonds is 5. The van der Waals surface area contributed by atoms with Crippen LogP contribution in [0.25, 0.3) is 0 Å². The molecule has 1 amide bonds. The first kappa shape index (κ1) is 15.0. The van der Waals surface area contributed by atoms with Crippen LogP contribution in [0.4, 0.5) is 0 Å². The Hall–Kier alpha value is -1.39. The molecule has 0 unspecified atom stereocenters. The van der Waals surface area contributed by atoms with Crippen molar-refractivity contribution in [2.24, 2.45) is 5.92 Å². The van der Waals surface area contributed by atoms with E-state index in [9.17, 15) is 4.79 Å². The molecule has 1 aliphatic heterocycles. The van der Waals surface area contributed by atoms with Crippen LogP contribution in [0.15, 0.2) is 24.3 Å². The van der Waals surface area contributed by atoms with Crippen molar-refractivity contribution >= 4 is 5.91 Å². The van der Waals surface area contributed by atoms with Crippen LogP contribution in [0.1, 0.15) is 28.8 Å². The molecule has 1 fully saturated rings. The van der Waals surface area contributed by atoms with E-state index in [1.54, 1.807) is 7.05 Å². The van der Waals surface area contributed by atoms with Crippen molar-refractivity contribution in [1.82, 2.24) is 15.5 Å². The first-order valence-electron chi connectivity index (χ1n) is 7.39. The number of benzene rings is 1. The van der Waals surface area contributed by atoms with Gasteiger partial charge in [-0.3, -0.25) is 4.79 Å². The molecule has 110 valence electrons. The van der Waals surface area contributed by atoms with Gasteiger partial charge in [-0.15, -0.1) is 0 Å². The van der Waals surface area contributed by atoms with Crippen molar-refractivity contribution in [3.8, 4) is 0 Å². The highest BCUT2D eigenvalue weighted by Crippen LogP contribution is 2.14. The van der Waals surface area contributed by atoms with Crippen LogP contribution in [0, 0.1) is 5.92 Å². The smallest absolute Gasteiger partial charge is 0.251 e. The minimum absolute atomic E-state index is 0.0281. The van der Waals surface area contributed by atoms with Crippen LogP contribution in [-0.4, -0.2) is 44.5 Å². The lowest BCUT2D eigenvalue weighted by molar-refractivity contribution is 0.0963. The maximum absolute atomic E-state index is 11.5. The number of amides is 1. The van der Waals surface area contributed by atoms with Crippen molar-refractivity contribution in [1.29, 1.82) is 0 Å². The van der Waals surface area contributed by atoms with Crippen molar-refractivity contribution < 1.29 is 4.79 Å². The topological polar surface area (TPSA) is 44.4 Å². The SMILES string of the molecule is CNC(=O)c1ccc(CN(C)CC2CCNCC2)cc1. The fourth-order valence-electron chi connectivity index (χ4n) is 2.79. The zero-order chi connectivity index (χ0) is 14.4. The predicted molar refractivity (Wildman–Crippen MR) is 81.8 cm³/mol. The summed E-state index contributed by atoms with van der Waals surface area (Å²) < 4.78 is 0. The summed E-state index contributed by atoms with van der Waals surface area (Å²) in [5.74, 6) is 0.783. The van der Waals surface area contributed by atoms with E-state index in [-0.39, 0.29) is 5.91 Å². The first-order valence-corrected chi connectivity index (χ1v) is 7.39. The van der Waals surface area contributed by atoms with Gasteiger partial charge in [-0.1, -0.05) is 12.1 Å². The van der Waals surface area contributed by atoms with E-state index >= 15 is 0 Å². The molecule has 0 spiro atoms. The molecular formula is C16H25N3O. The average Bonchev–Trinajstić information content (AvgIpc) is 2.48. The fourth-order valence-corrected chi connectivity index (χ4v) is 2.79. The van der Waals surface area contributed by atoms with Crippen molar-refractivity contribution in [2.75, 3.05) is 33.7 Å². The van der Waals surface area contributed by atoms with Crippen LogP contribution in [0.5, 0.6) is 0 Å². The highest BCUT2D eigenvalue weighted by molar-refractivity contribution is 5.93. The number of carbonyl (C=O) groups excluding carboxylic acids is 1. The lowest BCUT2D eigenvalue weighted by atomic mass is 9.97. The maximum Gasteiger partial charge on any atom is 0.251 e. The fraction of sp³-hybridized carbons (Fsp3) is 0.562. The third-order valence-corrected chi connectivity index (χ3v) is 3.92. The van der Waals surface area contributed by atoms with Gasteiger partial charge in [0.2, 0.25) is 0 Å². The van der Waals surface area contributed by atoms with Crippen LogP contribution < -0.4 is 10.6 Å². The molecule has 4 nitrogen and oxygen atoms in total. The summed E-state index contributed by atoms with van der Waals surface area (Å²) in [7, 11) is 3.83. The van der Waals surface area contributed by atoms with Gasteiger partial charge in [0.25, 0.3) is 5.91 Å². The Kier molecular flexibility index (Phi) is 5.56. The molecular weight excluding hydrogens is 250 g/mol. The van der Waals surface area contributed by atoms with E-state index in [1.165, 1.54) is 18.4 Å². The lowest BCUT2D eigenvalue weighted by Crippen LogP contribution is -2.34. The largest absolute Gasteiger partial charge is 0.355 e. The Balaban J connectivity index is 1.84. The van der Waals surface area contributed by atoms with E-state index in [0.29, 0.717) is 0 Å². The van der Waals surface area contributed by atoms with Crippen molar-refractivity contribution in [3.05, 3.63) is 35.4 Å². The molecule has 1 aromatic carbocycles. The van der Waals surface area contributed by atoms with E-state index in [0.717, 1.165) is 37.7 Å². The quantitative estimate of drug-likeness (QED) is 0.855. The van der Waals surface area contributed by atoms with Crippen LogP contribution in [-0.2, 0) is 6.54 Å². The Bertz CT molecular complexity index is 424. The van der Waals surface area contributed by atoms with Gasteiger partial charge in [0, 0.05) is 25.7 Å². The van der Waals surface area contributed by atoms with E-state index in [4.69, 9.17) is 0 Å². The lowest BCUT2D eigenvalue weighted by Gasteiger charge is -2.27. The molecule has 20 heavy (non-hydrogen) atoms. The zero-order valence-corrected chi connectivity index (χ0v) is 12.5. The summed E-state index contributed by atoms with van der Waals surface area (Å²) in [5, 5.41) is 6.04. The van der Waals surface area contributed by atoms with Crippen molar-refractivity contribution in [2.45, 2.75) is 19.4 Å². The monoisotopic (exact) mass is 275 g/mol. The summed E-state index contributed by atoms with van der Waals surface area (Å²) in [6, 6.07) is 7.88. The number of nitrogens with zero attached hydrogens (tertiary/aromatic N) is 1. The molecule has 1 saturated heterocycles. The zero-order valence-electron chi connectivity index (χ0n) is 12.5. The molecule has 0 aromatic heterocycles. The third-order valence-electron chi connectivity index (χ3n) is 3.92. The van der Waals surface area contributed by atoms with Gasteiger partial charge in [0.1, 0.15) is 0 Å². The van der Waals surface area contributed by atoms with E-state index in [2.05, 4.69) is 22.6 Å². The molecule has 0 atom stereocenters. The number of nitrogens with one attached hydrogen (secondary N) is 2. The molecule has 0 radical (unpaired) electrons. The molecule has 0 aliphatic carbocycles. The Labute approximate surface area is 121 Å². The first-order chi connectivity index (χ1) is 9.69. The average molecular weight is 275 g/mol. The molecule has 2 N–H and O–H groups in total. The summed E-state index contributed by atoms with van der Waals surface area (Å²) >= 11 is 0. The summed E-state index contributed by atoms with van der Waals surface area (Å²) in [6.45, 7) is 4.40. The minimum atomic E-state index is -0.0281.